The van der Waals surface area contributed by atoms with Crippen LogP contribution in [0, 0.1) is 0 Å². The molecule has 2 heterocycles. The second-order valence-corrected chi connectivity index (χ2v) is 5.21. The van der Waals surface area contributed by atoms with Crippen LogP contribution in [0.4, 0.5) is 5.69 Å². The molecule has 0 bridgehead atoms. The first-order valence-electron chi connectivity index (χ1n) is 7.25. The van der Waals surface area contributed by atoms with Gasteiger partial charge in [0.25, 0.3) is 5.91 Å². The number of amides is 1. The number of allylic oxidation sites excluding steroid dienone is 1. The standard InChI is InChI=1S/C19H14N2O/c1-2-16-14-9-3-4-10-15(14)19(22)21(16)17-11-5-7-13-8-6-12-20-18(13)17/h2-12H,1H3/b16-2-. The molecule has 1 aliphatic heterocycles. The van der Waals surface area contributed by atoms with Gasteiger partial charge in [-0.05, 0) is 25.1 Å². The minimum atomic E-state index is 0.00172. The molecule has 0 unspecified atom stereocenters. The molecule has 0 aliphatic carbocycles. The fourth-order valence-corrected chi connectivity index (χ4v) is 3.04. The number of para-hydroxylation sites is 1. The Morgan fingerprint density at radius 2 is 1.73 bits per heavy atom. The highest BCUT2D eigenvalue weighted by molar-refractivity contribution is 6.24. The highest BCUT2D eigenvalue weighted by atomic mass is 16.2. The molecule has 3 aromatic rings. The highest BCUT2D eigenvalue weighted by Crippen LogP contribution is 2.38. The van der Waals surface area contributed by atoms with Crippen LogP contribution < -0.4 is 4.90 Å². The first-order chi connectivity index (χ1) is 10.8. The van der Waals surface area contributed by atoms with Crippen molar-refractivity contribution in [3.05, 3.63) is 78.0 Å². The van der Waals surface area contributed by atoms with Crippen molar-refractivity contribution >= 4 is 28.2 Å². The lowest BCUT2D eigenvalue weighted by molar-refractivity contribution is 0.101. The number of benzene rings is 2. The lowest BCUT2D eigenvalue weighted by Crippen LogP contribution is -2.22. The summed E-state index contributed by atoms with van der Waals surface area (Å²) in [6, 6.07) is 17.6. The lowest BCUT2D eigenvalue weighted by atomic mass is 10.1. The Labute approximate surface area is 128 Å². The Morgan fingerprint density at radius 1 is 0.955 bits per heavy atom. The van der Waals surface area contributed by atoms with E-state index in [1.165, 1.54) is 0 Å². The Balaban J connectivity index is 1.98. The molecule has 22 heavy (non-hydrogen) atoms. The molecule has 0 spiro atoms. The average molecular weight is 286 g/mol. The summed E-state index contributed by atoms with van der Waals surface area (Å²) in [6.45, 7) is 1.95. The van der Waals surface area contributed by atoms with Crippen molar-refractivity contribution in [3.8, 4) is 0 Å². The highest BCUT2D eigenvalue weighted by Gasteiger charge is 2.33. The van der Waals surface area contributed by atoms with Crippen molar-refractivity contribution in [1.82, 2.24) is 4.98 Å². The van der Waals surface area contributed by atoms with Crippen LogP contribution in [0.2, 0.25) is 0 Å². The van der Waals surface area contributed by atoms with Crippen LogP contribution in [0.5, 0.6) is 0 Å². The summed E-state index contributed by atoms with van der Waals surface area (Å²) < 4.78 is 0. The molecule has 1 aliphatic rings. The third-order valence-electron chi connectivity index (χ3n) is 4.00. The number of anilines is 1. The van der Waals surface area contributed by atoms with Crippen molar-refractivity contribution in [3.63, 3.8) is 0 Å². The molecular formula is C19H14N2O. The van der Waals surface area contributed by atoms with Crippen molar-refractivity contribution in [2.24, 2.45) is 0 Å². The van der Waals surface area contributed by atoms with Crippen LogP contribution in [0.25, 0.3) is 16.6 Å². The molecule has 4 rings (SSSR count). The number of hydrogen-bond acceptors (Lipinski definition) is 2. The predicted octanol–water partition coefficient (Wildman–Crippen LogP) is 4.26. The minimum Gasteiger partial charge on any atom is -0.274 e. The van der Waals surface area contributed by atoms with Gasteiger partial charge in [0.15, 0.2) is 0 Å². The maximum atomic E-state index is 12.9. The molecule has 1 amide bonds. The monoisotopic (exact) mass is 286 g/mol. The van der Waals surface area contributed by atoms with Gasteiger partial charge >= 0.3 is 0 Å². The molecule has 0 radical (unpaired) electrons. The van der Waals surface area contributed by atoms with Gasteiger partial charge in [-0.3, -0.25) is 14.7 Å². The molecule has 2 aromatic carbocycles. The van der Waals surface area contributed by atoms with E-state index >= 15 is 0 Å². The van der Waals surface area contributed by atoms with Crippen LogP contribution in [0.1, 0.15) is 22.8 Å². The van der Waals surface area contributed by atoms with E-state index in [9.17, 15) is 4.79 Å². The van der Waals surface area contributed by atoms with Crippen LogP contribution in [-0.4, -0.2) is 10.9 Å². The first-order valence-corrected chi connectivity index (χ1v) is 7.25. The summed E-state index contributed by atoms with van der Waals surface area (Å²) in [4.78, 5) is 19.1. The summed E-state index contributed by atoms with van der Waals surface area (Å²) in [6.07, 6.45) is 3.74. The number of aromatic nitrogens is 1. The van der Waals surface area contributed by atoms with Crippen molar-refractivity contribution < 1.29 is 4.79 Å². The maximum Gasteiger partial charge on any atom is 0.263 e. The van der Waals surface area contributed by atoms with Crippen molar-refractivity contribution in [2.45, 2.75) is 6.92 Å². The second kappa shape index (κ2) is 4.81. The van der Waals surface area contributed by atoms with E-state index in [0.29, 0.717) is 0 Å². The van der Waals surface area contributed by atoms with Crippen LogP contribution in [0.15, 0.2) is 66.9 Å². The molecule has 3 heteroatoms. The molecule has 0 fully saturated rings. The van der Waals surface area contributed by atoms with E-state index < -0.39 is 0 Å². The van der Waals surface area contributed by atoms with Gasteiger partial charge in [0.1, 0.15) is 0 Å². The molecular weight excluding hydrogens is 272 g/mol. The van der Waals surface area contributed by atoms with Crippen molar-refractivity contribution in [2.75, 3.05) is 4.90 Å². The fourth-order valence-electron chi connectivity index (χ4n) is 3.04. The summed E-state index contributed by atoms with van der Waals surface area (Å²) >= 11 is 0. The van der Waals surface area contributed by atoms with E-state index in [2.05, 4.69) is 4.98 Å². The molecule has 0 atom stereocenters. The number of pyridine rings is 1. The Hall–Kier alpha value is -2.94. The van der Waals surface area contributed by atoms with Gasteiger partial charge in [-0.1, -0.05) is 42.5 Å². The summed E-state index contributed by atoms with van der Waals surface area (Å²) in [5, 5.41) is 1.03. The number of nitrogens with zero attached hydrogens (tertiary/aromatic N) is 2. The van der Waals surface area contributed by atoms with E-state index in [1.54, 1.807) is 11.1 Å². The SMILES string of the molecule is C/C=C1/c2ccccc2C(=O)N1c1cccc2cccnc12. The van der Waals surface area contributed by atoms with Crippen LogP contribution in [-0.2, 0) is 0 Å². The van der Waals surface area contributed by atoms with Gasteiger partial charge < -0.3 is 0 Å². The number of hydrogen-bond donors (Lipinski definition) is 0. The molecule has 0 saturated carbocycles. The zero-order chi connectivity index (χ0) is 15.1. The van der Waals surface area contributed by atoms with Gasteiger partial charge in [-0.15, -0.1) is 0 Å². The lowest BCUT2D eigenvalue weighted by Gasteiger charge is -2.19. The van der Waals surface area contributed by atoms with Gasteiger partial charge in [0.05, 0.1) is 16.9 Å². The van der Waals surface area contributed by atoms with Gasteiger partial charge in [-0.2, -0.15) is 0 Å². The Kier molecular flexibility index (Phi) is 2.79. The Morgan fingerprint density at radius 3 is 2.55 bits per heavy atom. The van der Waals surface area contributed by atoms with Crippen molar-refractivity contribution in [1.29, 1.82) is 0 Å². The van der Waals surface area contributed by atoms with Gasteiger partial charge in [-0.25, -0.2) is 0 Å². The summed E-state index contributed by atoms with van der Waals surface area (Å²) in [5.41, 5.74) is 4.29. The molecule has 1 aromatic heterocycles. The Bertz CT molecular complexity index is 922. The van der Waals surface area contributed by atoms with Crippen LogP contribution in [0.3, 0.4) is 0 Å². The molecule has 0 saturated heterocycles. The topological polar surface area (TPSA) is 33.2 Å². The van der Waals surface area contributed by atoms with E-state index in [0.717, 1.165) is 33.4 Å². The number of carbonyl (C=O) groups excluding carboxylic acids is 1. The maximum absolute atomic E-state index is 12.9. The van der Waals surface area contributed by atoms with E-state index in [-0.39, 0.29) is 5.91 Å². The minimum absolute atomic E-state index is 0.00172. The summed E-state index contributed by atoms with van der Waals surface area (Å²) in [7, 11) is 0. The number of rotatable bonds is 1. The normalized spacial score (nSPS) is 15.6. The zero-order valence-corrected chi connectivity index (χ0v) is 12.2. The third kappa shape index (κ3) is 1.69. The smallest absolute Gasteiger partial charge is 0.263 e. The van der Waals surface area contributed by atoms with E-state index in [1.807, 2.05) is 67.6 Å². The number of carbonyl (C=O) groups is 1. The van der Waals surface area contributed by atoms with Gasteiger partial charge in [0, 0.05) is 22.7 Å². The average Bonchev–Trinajstić information content (AvgIpc) is 2.87. The van der Waals surface area contributed by atoms with E-state index in [4.69, 9.17) is 0 Å². The third-order valence-corrected chi connectivity index (χ3v) is 4.00. The van der Waals surface area contributed by atoms with Crippen LogP contribution >= 0.6 is 0 Å². The predicted molar refractivity (Wildman–Crippen MR) is 88.6 cm³/mol. The molecule has 0 N–H and O–H groups in total. The first kappa shape index (κ1) is 12.8. The second-order valence-electron chi connectivity index (χ2n) is 5.21. The largest absolute Gasteiger partial charge is 0.274 e. The zero-order valence-electron chi connectivity index (χ0n) is 12.2. The summed E-state index contributed by atoms with van der Waals surface area (Å²) in [5.74, 6) is 0.00172. The molecule has 3 nitrogen and oxygen atoms in total. The number of fused-ring (bicyclic) bond motifs is 2. The quantitative estimate of drug-likeness (QED) is 0.670. The van der Waals surface area contributed by atoms with Gasteiger partial charge in [0.2, 0.25) is 0 Å². The fraction of sp³-hybridized carbons (Fsp3) is 0.0526. The molecule has 106 valence electrons.